The van der Waals surface area contributed by atoms with Crippen LogP contribution in [0.5, 0.6) is 11.5 Å². The summed E-state index contributed by atoms with van der Waals surface area (Å²) in [7, 11) is 0. The second-order valence-corrected chi connectivity index (χ2v) is 6.01. The van der Waals surface area contributed by atoms with Crippen molar-refractivity contribution in [2.45, 2.75) is 31.7 Å². The fraction of sp³-hybridized carbons (Fsp3) is 0.312. The lowest BCUT2D eigenvalue weighted by Gasteiger charge is -2.23. The molecule has 1 aliphatic rings. The number of hydrogen-bond donors (Lipinski definition) is 2. The fourth-order valence-corrected chi connectivity index (χ4v) is 2.68. The van der Waals surface area contributed by atoms with Crippen LogP contribution in [0.3, 0.4) is 0 Å². The summed E-state index contributed by atoms with van der Waals surface area (Å²) >= 11 is 5.74. The molecule has 2 aromatic rings. The van der Waals surface area contributed by atoms with Crippen LogP contribution in [0.25, 0.3) is 0 Å². The van der Waals surface area contributed by atoms with Crippen molar-refractivity contribution in [1.82, 2.24) is 9.97 Å². The molecular formula is C16H16ClFN4O2. The number of ketones is 1. The normalized spacial score (nSPS) is 15.3. The number of halogens is 2. The van der Waals surface area contributed by atoms with Crippen LogP contribution in [0.15, 0.2) is 24.4 Å². The zero-order chi connectivity index (χ0) is 17.1. The van der Waals surface area contributed by atoms with E-state index >= 15 is 0 Å². The smallest absolute Gasteiger partial charge is 0.222 e. The Bertz CT molecular complexity index is 762. The molecule has 0 radical (unpaired) electrons. The van der Waals surface area contributed by atoms with Crippen LogP contribution in [0.1, 0.15) is 25.7 Å². The highest BCUT2D eigenvalue weighted by molar-refractivity contribution is 6.30. The van der Waals surface area contributed by atoms with E-state index in [1.165, 1.54) is 18.3 Å². The molecule has 6 nitrogen and oxygen atoms in total. The minimum Gasteiger partial charge on any atom is -0.449 e. The number of nitrogens with two attached hydrogens (primary N) is 1. The average molecular weight is 351 g/mol. The third-order valence-electron chi connectivity index (χ3n) is 3.77. The van der Waals surface area contributed by atoms with Gasteiger partial charge < -0.3 is 15.8 Å². The number of benzene rings is 1. The van der Waals surface area contributed by atoms with Gasteiger partial charge in [-0.2, -0.15) is 4.98 Å². The average Bonchev–Trinajstić information content (AvgIpc) is 2.54. The molecule has 0 amide bonds. The van der Waals surface area contributed by atoms with Gasteiger partial charge >= 0.3 is 0 Å². The van der Waals surface area contributed by atoms with Crippen molar-refractivity contribution in [1.29, 1.82) is 0 Å². The van der Waals surface area contributed by atoms with E-state index in [0.717, 1.165) is 6.07 Å². The second-order valence-electron chi connectivity index (χ2n) is 5.58. The zero-order valence-corrected chi connectivity index (χ0v) is 13.5. The van der Waals surface area contributed by atoms with E-state index in [1.54, 1.807) is 0 Å². The number of nitrogen functional groups attached to an aromatic ring is 1. The van der Waals surface area contributed by atoms with Crippen LogP contribution >= 0.6 is 11.6 Å². The van der Waals surface area contributed by atoms with Crippen molar-refractivity contribution in [3.8, 4) is 11.5 Å². The van der Waals surface area contributed by atoms with Gasteiger partial charge in [0, 0.05) is 23.9 Å². The molecular weight excluding hydrogens is 335 g/mol. The molecule has 8 heteroatoms. The van der Waals surface area contributed by atoms with E-state index in [0.29, 0.717) is 31.5 Å². The van der Waals surface area contributed by atoms with Crippen molar-refractivity contribution in [3.63, 3.8) is 0 Å². The predicted octanol–water partition coefficient (Wildman–Crippen LogP) is 3.57. The SMILES string of the molecule is Nc1ncc(Oc2ccc(Cl)cc2F)c(NC2CCC(=O)CC2)n1. The lowest BCUT2D eigenvalue weighted by molar-refractivity contribution is -0.120. The maximum atomic E-state index is 13.9. The number of aromatic nitrogens is 2. The summed E-state index contributed by atoms with van der Waals surface area (Å²) in [5, 5.41) is 3.48. The summed E-state index contributed by atoms with van der Waals surface area (Å²) in [6.07, 6.45) is 3.85. The lowest BCUT2D eigenvalue weighted by atomic mass is 9.94. The summed E-state index contributed by atoms with van der Waals surface area (Å²) < 4.78 is 19.5. The van der Waals surface area contributed by atoms with Crippen LogP contribution in [0.2, 0.25) is 5.02 Å². The zero-order valence-electron chi connectivity index (χ0n) is 12.8. The quantitative estimate of drug-likeness (QED) is 0.876. The largest absolute Gasteiger partial charge is 0.449 e. The number of rotatable bonds is 4. The highest BCUT2D eigenvalue weighted by Crippen LogP contribution is 2.32. The Labute approximate surface area is 143 Å². The topological polar surface area (TPSA) is 90.1 Å². The van der Waals surface area contributed by atoms with Gasteiger partial charge in [0.15, 0.2) is 23.1 Å². The first-order valence-electron chi connectivity index (χ1n) is 7.55. The molecule has 0 bridgehead atoms. The first-order chi connectivity index (χ1) is 11.5. The van der Waals surface area contributed by atoms with Gasteiger partial charge in [0.25, 0.3) is 0 Å². The summed E-state index contributed by atoms with van der Waals surface area (Å²) in [6, 6.07) is 4.19. The maximum absolute atomic E-state index is 13.9. The molecule has 0 saturated heterocycles. The summed E-state index contributed by atoms with van der Waals surface area (Å²) in [5.74, 6) is 0.380. The molecule has 1 fully saturated rings. The van der Waals surface area contributed by atoms with Crippen molar-refractivity contribution in [2.75, 3.05) is 11.1 Å². The Morgan fingerprint density at radius 1 is 1.29 bits per heavy atom. The van der Waals surface area contributed by atoms with Crippen molar-refractivity contribution < 1.29 is 13.9 Å². The van der Waals surface area contributed by atoms with Crippen LogP contribution in [-0.4, -0.2) is 21.8 Å². The number of ether oxygens (including phenoxy) is 1. The van der Waals surface area contributed by atoms with Crippen molar-refractivity contribution in [2.24, 2.45) is 0 Å². The van der Waals surface area contributed by atoms with E-state index in [-0.39, 0.29) is 34.3 Å². The van der Waals surface area contributed by atoms with Crippen LogP contribution in [0, 0.1) is 5.82 Å². The van der Waals surface area contributed by atoms with E-state index in [4.69, 9.17) is 22.1 Å². The molecule has 1 saturated carbocycles. The third-order valence-corrected chi connectivity index (χ3v) is 4.01. The molecule has 126 valence electrons. The lowest BCUT2D eigenvalue weighted by Crippen LogP contribution is -2.26. The first kappa shape index (κ1) is 16.4. The Hall–Kier alpha value is -2.41. The van der Waals surface area contributed by atoms with Gasteiger partial charge in [-0.3, -0.25) is 4.79 Å². The summed E-state index contributed by atoms with van der Waals surface area (Å²) in [5.41, 5.74) is 5.63. The fourth-order valence-electron chi connectivity index (χ4n) is 2.52. The number of anilines is 2. The van der Waals surface area contributed by atoms with E-state index in [9.17, 15) is 9.18 Å². The third kappa shape index (κ3) is 3.91. The van der Waals surface area contributed by atoms with E-state index in [2.05, 4.69) is 15.3 Å². The van der Waals surface area contributed by atoms with Crippen LogP contribution < -0.4 is 15.8 Å². The molecule has 0 atom stereocenters. The summed E-state index contributed by atoms with van der Waals surface area (Å²) in [6.45, 7) is 0. The molecule has 24 heavy (non-hydrogen) atoms. The number of carbonyl (C=O) groups is 1. The molecule has 1 aromatic heterocycles. The Balaban J connectivity index is 1.81. The highest BCUT2D eigenvalue weighted by atomic mass is 35.5. The molecule has 1 aromatic carbocycles. The minimum absolute atomic E-state index is 0.00893. The molecule has 3 rings (SSSR count). The standard InChI is InChI=1S/C16H16ClFN4O2/c17-9-1-6-13(12(18)7-9)24-14-8-20-16(19)22-15(14)21-10-2-4-11(23)5-3-10/h1,6-8,10H,2-5H2,(H3,19,20,21,22). The van der Waals surface area contributed by atoms with Gasteiger partial charge in [-0.15, -0.1) is 0 Å². The monoisotopic (exact) mass is 350 g/mol. The predicted molar refractivity (Wildman–Crippen MR) is 88.8 cm³/mol. The Morgan fingerprint density at radius 3 is 2.75 bits per heavy atom. The van der Waals surface area contributed by atoms with E-state index in [1.807, 2.05) is 0 Å². The molecule has 0 spiro atoms. The van der Waals surface area contributed by atoms with E-state index < -0.39 is 5.82 Å². The molecule has 1 aliphatic carbocycles. The minimum atomic E-state index is -0.589. The molecule has 3 N–H and O–H groups in total. The van der Waals surface area contributed by atoms with Crippen LogP contribution in [-0.2, 0) is 4.79 Å². The molecule has 0 aliphatic heterocycles. The van der Waals surface area contributed by atoms with Crippen LogP contribution in [0.4, 0.5) is 16.2 Å². The number of carbonyl (C=O) groups excluding carboxylic acids is 1. The summed E-state index contributed by atoms with van der Waals surface area (Å²) in [4.78, 5) is 19.4. The van der Waals surface area contributed by atoms with Gasteiger partial charge in [0.2, 0.25) is 5.95 Å². The van der Waals surface area contributed by atoms with Gasteiger partial charge in [0.1, 0.15) is 5.78 Å². The second kappa shape index (κ2) is 7.00. The highest BCUT2D eigenvalue weighted by Gasteiger charge is 2.21. The first-order valence-corrected chi connectivity index (χ1v) is 7.92. The van der Waals surface area contributed by atoms with Gasteiger partial charge in [-0.05, 0) is 31.0 Å². The van der Waals surface area contributed by atoms with Crippen molar-refractivity contribution >= 4 is 29.2 Å². The number of nitrogens with one attached hydrogen (secondary N) is 1. The Morgan fingerprint density at radius 2 is 2.04 bits per heavy atom. The maximum Gasteiger partial charge on any atom is 0.222 e. The Kier molecular flexibility index (Phi) is 4.80. The van der Waals surface area contributed by atoms with Gasteiger partial charge in [-0.25, -0.2) is 9.37 Å². The number of nitrogens with zero attached hydrogens (tertiary/aromatic N) is 2. The number of hydrogen-bond acceptors (Lipinski definition) is 6. The molecule has 0 unspecified atom stereocenters. The van der Waals surface area contributed by atoms with Gasteiger partial charge in [0.05, 0.1) is 6.20 Å². The molecule has 1 heterocycles. The number of Topliss-reactive ketones (excluding diaryl/α,β-unsaturated/α-hetero) is 1. The van der Waals surface area contributed by atoms with Crippen molar-refractivity contribution in [3.05, 3.63) is 35.2 Å². The van der Waals surface area contributed by atoms with Gasteiger partial charge in [-0.1, -0.05) is 11.6 Å².